The molecule has 0 atom stereocenters. The molecule has 3 N–H and O–H groups in total. The van der Waals surface area contributed by atoms with Crippen molar-refractivity contribution in [1.29, 1.82) is 0 Å². The van der Waals surface area contributed by atoms with E-state index in [2.05, 4.69) is 10.6 Å². The Kier molecular flexibility index (Phi) is 7.02. The maximum absolute atomic E-state index is 10.9. The number of aromatic hydroxyl groups is 1. The number of hydrogen-bond donors (Lipinski definition) is 3. The van der Waals surface area contributed by atoms with Crippen molar-refractivity contribution in [2.45, 2.75) is 26.7 Å². The van der Waals surface area contributed by atoms with Crippen LogP contribution in [0.3, 0.4) is 0 Å². The number of phenolic OH excluding ortho intramolecular Hbond substituents is 1. The zero-order chi connectivity index (χ0) is 18.9. The molecule has 0 spiro atoms. The van der Waals surface area contributed by atoms with E-state index in [-0.39, 0.29) is 17.6 Å². The normalized spacial score (nSPS) is 10.2. The Hall–Kier alpha value is -3.02. The van der Waals surface area contributed by atoms with Crippen LogP contribution in [0.25, 0.3) is 0 Å². The molecule has 0 unspecified atom stereocenters. The third kappa shape index (κ3) is 6.47. The average Bonchev–Trinajstić information content (AvgIpc) is 2.58. The summed E-state index contributed by atoms with van der Waals surface area (Å²) in [6.45, 7) is 4.09. The maximum atomic E-state index is 10.9. The fourth-order valence-electron chi connectivity index (χ4n) is 2.41. The third-order valence-electron chi connectivity index (χ3n) is 3.75. The summed E-state index contributed by atoms with van der Waals surface area (Å²) in [5.74, 6) is 0.930. The van der Waals surface area contributed by atoms with Crippen molar-refractivity contribution in [2.24, 2.45) is 0 Å². The van der Waals surface area contributed by atoms with Gasteiger partial charge in [-0.2, -0.15) is 0 Å². The first-order valence-electron chi connectivity index (χ1n) is 8.51. The van der Waals surface area contributed by atoms with Crippen molar-refractivity contribution < 1.29 is 19.4 Å². The van der Waals surface area contributed by atoms with Crippen molar-refractivity contribution in [2.75, 3.05) is 13.1 Å². The van der Waals surface area contributed by atoms with E-state index in [0.29, 0.717) is 31.0 Å². The number of hydrogen-bond acceptors (Lipinski definition) is 4. The number of carbonyl (C=O) groups is 2. The molecule has 138 valence electrons. The summed E-state index contributed by atoms with van der Waals surface area (Å²) in [7, 11) is 0. The SMILES string of the molecule is CC(=O)NCCc1ccc(Oc2cc(CCNC(C)=O)ccc2O)cc1. The van der Waals surface area contributed by atoms with Gasteiger partial charge in [0.1, 0.15) is 5.75 Å². The molecule has 2 aromatic carbocycles. The van der Waals surface area contributed by atoms with Crippen molar-refractivity contribution in [3.8, 4) is 17.2 Å². The minimum absolute atomic E-state index is 0.0428. The third-order valence-corrected chi connectivity index (χ3v) is 3.75. The van der Waals surface area contributed by atoms with Crippen molar-refractivity contribution in [3.05, 3.63) is 53.6 Å². The molecule has 0 aliphatic carbocycles. The number of phenols is 1. The van der Waals surface area contributed by atoms with Gasteiger partial charge in [-0.15, -0.1) is 0 Å². The zero-order valence-electron chi connectivity index (χ0n) is 15.0. The van der Waals surface area contributed by atoms with Gasteiger partial charge in [0.25, 0.3) is 0 Å². The lowest BCUT2D eigenvalue weighted by Gasteiger charge is -2.11. The van der Waals surface area contributed by atoms with E-state index >= 15 is 0 Å². The Morgan fingerprint density at radius 2 is 1.42 bits per heavy atom. The van der Waals surface area contributed by atoms with Gasteiger partial charge in [-0.25, -0.2) is 0 Å². The van der Waals surface area contributed by atoms with Gasteiger partial charge in [0.15, 0.2) is 11.5 Å². The number of carbonyl (C=O) groups excluding carboxylic acids is 2. The predicted molar refractivity (Wildman–Crippen MR) is 99.4 cm³/mol. The predicted octanol–water partition coefficient (Wildman–Crippen LogP) is 2.54. The average molecular weight is 356 g/mol. The molecule has 2 rings (SSSR count). The Labute approximate surface area is 153 Å². The second-order valence-corrected chi connectivity index (χ2v) is 6.01. The second kappa shape index (κ2) is 9.46. The number of ether oxygens (including phenoxy) is 1. The number of amides is 2. The molecule has 2 aromatic rings. The van der Waals surface area contributed by atoms with E-state index in [1.165, 1.54) is 13.8 Å². The molecule has 0 aliphatic rings. The zero-order valence-corrected chi connectivity index (χ0v) is 15.0. The van der Waals surface area contributed by atoms with Crippen LogP contribution in [-0.4, -0.2) is 30.0 Å². The van der Waals surface area contributed by atoms with Crippen LogP contribution < -0.4 is 15.4 Å². The van der Waals surface area contributed by atoms with Gasteiger partial charge in [-0.3, -0.25) is 9.59 Å². The largest absolute Gasteiger partial charge is 0.504 e. The van der Waals surface area contributed by atoms with Crippen LogP contribution in [0.2, 0.25) is 0 Å². The molecule has 0 fully saturated rings. The number of benzene rings is 2. The number of nitrogens with one attached hydrogen (secondary N) is 2. The quantitative estimate of drug-likeness (QED) is 0.678. The summed E-state index contributed by atoms with van der Waals surface area (Å²) < 4.78 is 5.77. The van der Waals surface area contributed by atoms with Crippen molar-refractivity contribution in [3.63, 3.8) is 0 Å². The van der Waals surface area contributed by atoms with E-state index in [0.717, 1.165) is 17.5 Å². The van der Waals surface area contributed by atoms with E-state index in [1.54, 1.807) is 18.2 Å². The molecule has 26 heavy (non-hydrogen) atoms. The fourth-order valence-corrected chi connectivity index (χ4v) is 2.41. The van der Waals surface area contributed by atoms with Gasteiger partial charge >= 0.3 is 0 Å². The van der Waals surface area contributed by atoms with Gasteiger partial charge in [-0.05, 0) is 48.2 Å². The standard InChI is InChI=1S/C20H24N2O4/c1-14(23)21-11-9-16-3-6-18(7-4-16)26-20-13-17(5-8-19(20)25)10-12-22-15(2)24/h3-8,13,25H,9-12H2,1-2H3,(H,21,23)(H,22,24). The second-order valence-electron chi connectivity index (χ2n) is 6.01. The van der Waals surface area contributed by atoms with Crippen LogP contribution in [0.5, 0.6) is 17.2 Å². The lowest BCUT2D eigenvalue weighted by atomic mass is 10.1. The van der Waals surface area contributed by atoms with Crippen LogP contribution in [0.1, 0.15) is 25.0 Å². The highest BCUT2D eigenvalue weighted by molar-refractivity contribution is 5.73. The highest BCUT2D eigenvalue weighted by Crippen LogP contribution is 2.31. The Bertz CT molecular complexity index is 757. The number of rotatable bonds is 8. The van der Waals surface area contributed by atoms with E-state index in [1.807, 2.05) is 24.3 Å². The molecule has 6 heteroatoms. The van der Waals surface area contributed by atoms with Gasteiger partial charge in [-0.1, -0.05) is 18.2 Å². The molecule has 0 saturated heterocycles. The summed E-state index contributed by atoms with van der Waals surface area (Å²) in [4.78, 5) is 21.8. The van der Waals surface area contributed by atoms with Crippen molar-refractivity contribution in [1.82, 2.24) is 10.6 Å². The minimum atomic E-state index is -0.0705. The molecule has 0 heterocycles. The molecule has 0 radical (unpaired) electrons. The van der Waals surface area contributed by atoms with Crippen molar-refractivity contribution >= 4 is 11.8 Å². The van der Waals surface area contributed by atoms with Crippen LogP contribution in [0.4, 0.5) is 0 Å². The summed E-state index contributed by atoms with van der Waals surface area (Å²) in [5, 5.41) is 15.5. The van der Waals surface area contributed by atoms with E-state index < -0.39 is 0 Å². The Morgan fingerprint density at radius 1 is 0.885 bits per heavy atom. The first-order valence-corrected chi connectivity index (χ1v) is 8.51. The summed E-state index contributed by atoms with van der Waals surface area (Å²) in [5.41, 5.74) is 2.04. The summed E-state index contributed by atoms with van der Waals surface area (Å²) in [6.07, 6.45) is 1.39. The highest BCUT2D eigenvalue weighted by Gasteiger charge is 2.06. The molecular weight excluding hydrogens is 332 g/mol. The van der Waals surface area contributed by atoms with Crippen LogP contribution >= 0.6 is 0 Å². The minimum Gasteiger partial charge on any atom is -0.504 e. The molecule has 0 bridgehead atoms. The summed E-state index contributed by atoms with van der Waals surface area (Å²) in [6, 6.07) is 12.7. The van der Waals surface area contributed by atoms with Gasteiger partial charge < -0.3 is 20.5 Å². The smallest absolute Gasteiger partial charge is 0.216 e. The van der Waals surface area contributed by atoms with Crippen LogP contribution in [0.15, 0.2) is 42.5 Å². The Balaban J connectivity index is 1.96. The van der Waals surface area contributed by atoms with Crippen LogP contribution in [-0.2, 0) is 22.4 Å². The topological polar surface area (TPSA) is 87.7 Å². The molecule has 2 amide bonds. The van der Waals surface area contributed by atoms with E-state index in [9.17, 15) is 14.7 Å². The molecule has 0 saturated carbocycles. The van der Waals surface area contributed by atoms with Gasteiger partial charge in [0.05, 0.1) is 0 Å². The lowest BCUT2D eigenvalue weighted by molar-refractivity contribution is -0.119. The first kappa shape index (κ1) is 19.3. The van der Waals surface area contributed by atoms with Crippen LogP contribution in [0, 0.1) is 0 Å². The first-order chi connectivity index (χ1) is 12.4. The molecule has 0 aliphatic heterocycles. The van der Waals surface area contributed by atoms with Gasteiger partial charge in [0, 0.05) is 26.9 Å². The summed E-state index contributed by atoms with van der Waals surface area (Å²) >= 11 is 0. The van der Waals surface area contributed by atoms with E-state index in [4.69, 9.17) is 4.74 Å². The highest BCUT2D eigenvalue weighted by atomic mass is 16.5. The fraction of sp³-hybridized carbons (Fsp3) is 0.300. The molecule has 0 aromatic heterocycles. The molecular formula is C20H24N2O4. The lowest BCUT2D eigenvalue weighted by Crippen LogP contribution is -2.22. The molecule has 6 nitrogen and oxygen atoms in total. The maximum Gasteiger partial charge on any atom is 0.216 e. The monoisotopic (exact) mass is 356 g/mol. The Morgan fingerprint density at radius 3 is 2.00 bits per heavy atom. The van der Waals surface area contributed by atoms with Gasteiger partial charge in [0.2, 0.25) is 11.8 Å².